The lowest BCUT2D eigenvalue weighted by molar-refractivity contribution is -0.141. The topological polar surface area (TPSA) is 105 Å². The number of carbonyl (C=O) groups excluding carboxylic acids is 1. The van der Waals surface area contributed by atoms with E-state index < -0.39 is 47.2 Å². The SMILES string of the molecule is CC(C)(C)OC(=O)N[C@@H](CN(C(=O)O)C(C)(C)C)C(c1nccs1)c1cnc(C(F)(F)F)cc1Br. The van der Waals surface area contributed by atoms with Gasteiger partial charge in [0.2, 0.25) is 0 Å². The summed E-state index contributed by atoms with van der Waals surface area (Å²) in [4.78, 5) is 33.9. The van der Waals surface area contributed by atoms with Gasteiger partial charge in [0, 0.05) is 34.3 Å². The number of ether oxygens (including phenoxy) is 1. The van der Waals surface area contributed by atoms with E-state index in [0.717, 1.165) is 17.2 Å². The number of hydrogen-bond donors (Lipinski definition) is 2. The van der Waals surface area contributed by atoms with Crippen LogP contribution in [0, 0.1) is 0 Å². The normalized spacial score (nSPS) is 14.2. The molecule has 2 aromatic rings. The highest BCUT2D eigenvalue weighted by molar-refractivity contribution is 9.10. The Labute approximate surface area is 214 Å². The molecule has 2 rings (SSSR count). The fraction of sp³-hybridized carbons (Fsp3) is 0.545. The van der Waals surface area contributed by atoms with Gasteiger partial charge < -0.3 is 20.1 Å². The molecule has 0 aliphatic carbocycles. The monoisotopic (exact) mass is 580 g/mol. The van der Waals surface area contributed by atoms with Gasteiger partial charge in [-0.15, -0.1) is 11.3 Å². The second kappa shape index (κ2) is 10.7. The Bertz CT molecular complexity index is 1040. The van der Waals surface area contributed by atoms with Gasteiger partial charge in [-0.25, -0.2) is 14.6 Å². The zero-order chi connectivity index (χ0) is 26.8. The third-order valence-corrected chi connectivity index (χ3v) is 6.29. The number of amides is 2. The quantitative estimate of drug-likeness (QED) is 0.426. The molecule has 0 fully saturated rings. The van der Waals surface area contributed by atoms with Gasteiger partial charge >= 0.3 is 18.4 Å². The van der Waals surface area contributed by atoms with Crippen molar-refractivity contribution in [3.63, 3.8) is 0 Å². The molecule has 0 aliphatic rings. The molecule has 0 radical (unpaired) electrons. The molecular weight excluding hydrogens is 553 g/mol. The van der Waals surface area contributed by atoms with Crippen LogP contribution >= 0.6 is 27.3 Å². The van der Waals surface area contributed by atoms with Crippen molar-refractivity contribution in [1.82, 2.24) is 20.2 Å². The van der Waals surface area contributed by atoms with Gasteiger partial charge in [-0.2, -0.15) is 13.2 Å². The molecule has 2 amide bonds. The van der Waals surface area contributed by atoms with E-state index in [9.17, 15) is 27.9 Å². The van der Waals surface area contributed by atoms with Crippen LogP contribution in [-0.2, 0) is 10.9 Å². The van der Waals surface area contributed by atoms with Gasteiger partial charge in [0.05, 0.1) is 12.0 Å². The number of halogens is 4. The molecule has 35 heavy (non-hydrogen) atoms. The maximum atomic E-state index is 13.2. The minimum absolute atomic E-state index is 0.0913. The van der Waals surface area contributed by atoms with Gasteiger partial charge in [0.15, 0.2) is 0 Å². The number of thiazole rings is 1. The van der Waals surface area contributed by atoms with Crippen LogP contribution in [0.4, 0.5) is 22.8 Å². The molecule has 2 aromatic heterocycles. The standard InChI is InChI=1S/C22H28BrF3N4O4S/c1-20(2,3)30(19(32)33)11-14(29-18(31)34-21(4,5)6)16(17-27-7-8-35-17)12-10-28-15(9-13(12)23)22(24,25)26/h7-10,14,16H,11H2,1-6H3,(H,29,31)(H,32,33)/t14-,16?/m0/s1. The van der Waals surface area contributed by atoms with Crippen LogP contribution in [-0.4, -0.2) is 55.9 Å². The molecule has 0 spiro atoms. The molecule has 1 unspecified atom stereocenters. The van der Waals surface area contributed by atoms with Crippen molar-refractivity contribution in [2.75, 3.05) is 6.54 Å². The molecule has 2 atom stereocenters. The molecule has 0 bridgehead atoms. The summed E-state index contributed by atoms with van der Waals surface area (Å²) in [7, 11) is 0. The lowest BCUT2D eigenvalue weighted by atomic mass is 9.91. The van der Waals surface area contributed by atoms with Crippen LogP contribution in [0.1, 0.15) is 63.7 Å². The van der Waals surface area contributed by atoms with Gasteiger partial charge in [0.25, 0.3) is 0 Å². The first-order valence-electron chi connectivity index (χ1n) is 10.5. The number of alkyl halides is 3. The summed E-state index contributed by atoms with van der Waals surface area (Å²) in [5, 5.41) is 14.7. The molecule has 194 valence electrons. The minimum Gasteiger partial charge on any atom is -0.465 e. The largest absolute Gasteiger partial charge is 0.465 e. The molecule has 2 N–H and O–H groups in total. The second-order valence-electron chi connectivity index (χ2n) is 9.75. The van der Waals surface area contributed by atoms with Crippen LogP contribution in [0.5, 0.6) is 0 Å². The average molecular weight is 581 g/mol. The fourth-order valence-electron chi connectivity index (χ4n) is 3.26. The number of pyridine rings is 1. The first-order chi connectivity index (χ1) is 15.9. The summed E-state index contributed by atoms with van der Waals surface area (Å²) in [6.45, 7) is 9.91. The van der Waals surface area contributed by atoms with Crippen LogP contribution in [0.3, 0.4) is 0 Å². The third-order valence-electron chi connectivity index (χ3n) is 4.75. The van der Waals surface area contributed by atoms with Crippen molar-refractivity contribution >= 4 is 39.5 Å². The Morgan fingerprint density at radius 2 is 1.83 bits per heavy atom. The zero-order valence-electron chi connectivity index (χ0n) is 20.1. The molecule has 13 heteroatoms. The van der Waals surface area contributed by atoms with E-state index >= 15 is 0 Å². The highest BCUT2D eigenvalue weighted by atomic mass is 79.9. The highest BCUT2D eigenvalue weighted by Gasteiger charge is 2.39. The van der Waals surface area contributed by atoms with Crippen LogP contribution < -0.4 is 5.32 Å². The number of carbonyl (C=O) groups is 2. The minimum atomic E-state index is -4.65. The highest BCUT2D eigenvalue weighted by Crippen LogP contribution is 2.38. The van der Waals surface area contributed by atoms with Crippen LogP contribution in [0.25, 0.3) is 0 Å². The number of hydrogen-bond acceptors (Lipinski definition) is 6. The summed E-state index contributed by atoms with van der Waals surface area (Å²) < 4.78 is 45.1. The van der Waals surface area contributed by atoms with Gasteiger partial charge in [-0.05, 0) is 53.2 Å². The molecular formula is C22H28BrF3N4O4S. The molecule has 0 aromatic carbocycles. The van der Waals surface area contributed by atoms with E-state index in [0.29, 0.717) is 10.6 Å². The first kappa shape index (κ1) is 28.8. The Hall–Kier alpha value is -2.41. The van der Waals surface area contributed by atoms with E-state index in [4.69, 9.17) is 4.74 Å². The lowest BCUT2D eigenvalue weighted by Crippen LogP contribution is -2.54. The van der Waals surface area contributed by atoms with E-state index in [1.807, 2.05) is 0 Å². The Morgan fingerprint density at radius 3 is 2.26 bits per heavy atom. The van der Waals surface area contributed by atoms with Crippen molar-refractivity contribution < 1.29 is 32.6 Å². The fourth-order valence-corrected chi connectivity index (χ4v) is 4.65. The first-order valence-corrected chi connectivity index (χ1v) is 12.2. The van der Waals surface area contributed by atoms with Gasteiger partial charge in [0.1, 0.15) is 16.3 Å². The summed E-state index contributed by atoms with van der Waals surface area (Å²) in [5.74, 6) is -0.837. The number of rotatable bonds is 6. The summed E-state index contributed by atoms with van der Waals surface area (Å²) >= 11 is 4.42. The number of nitrogens with one attached hydrogen (secondary N) is 1. The lowest BCUT2D eigenvalue weighted by Gasteiger charge is -2.38. The number of aromatic nitrogens is 2. The van der Waals surface area contributed by atoms with Crippen molar-refractivity contribution in [3.8, 4) is 0 Å². The van der Waals surface area contributed by atoms with Crippen molar-refractivity contribution in [2.45, 2.75) is 70.8 Å². The summed E-state index contributed by atoms with van der Waals surface area (Å²) in [6.07, 6.45) is -4.11. The average Bonchev–Trinajstić information content (AvgIpc) is 3.17. The third kappa shape index (κ3) is 8.06. The second-order valence-corrected chi connectivity index (χ2v) is 11.5. The Kier molecular flexibility index (Phi) is 8.80. The molecule has 0 aliphatic heterocycles. The van der Waals surface area contributed by atoms with Crippen molar-refractivity contribution in [2.24, 2.45) is 0 Å². The number of carboxylic acid groups (broad SMARTS) is 1. The predicted octanol–water partition coefficient (Wildman–Crippen LogP) is 6.12. The summed E-state index contributed by atoms with van der Waals surface area (Å²) in [6, 6.07) is -0.111. The molecule has 0 saturated heterocycles. The Balaban J connectivity index is 2.64. The molecule has 2 heterocycles. The molecule has 0 saturated carbocycles. The summed E-state index contributed by atoms with van der Waals surface area (Å²) in [5.41, 5.74) is -2.47. The van der Waals surface area contributed by atoms with Crippen molar-refractivity contribution in [1.29, 1.82) is 0 Å². The Morgan fingerprint density at radius 1 is 1.20 bits per heavy atom. The van der Waals surface area contributed by atoms with E-state index in [-0.39, 0.29) is 11.0 Å². The number of alkyl carbamates (subject to hydrolysis) is 1. The van der Waals surface area contributed by atoms with E-state index in [1.54, 1.807) is 46.9 Å². The smallest absolute Gasteiger partial charge is 0.433 e. The van der Waals surface area contributed by atoms with Crippen LogP contribution in [0.2, 0.25) is 0 Å². The van der Waals surface area contributed by atoms with Crippen LogP contribution in [0.15, 0.2) is 28.3 Å². The predicted molar refractivity (Wildman–Crippen MR) is 129 cm³/mol. The van der Waals surface area contributed by atoms with Crippen molar-refractivity contribution in [3.05, 3.63) is 44.6 Å². The van der Waals surface area contributed by atoms with Gasteiger partial charge in [-0.1, -0.05) is 15.9 Å². The molecule has 8 nitrogen and oxygen atoms in total. The van der Waals surface area contributed by atoms with E-state index in [2.05, 4.69) is 31.2 Å². The maximum absolute atomic E-state index is 13.2. The number of nitrogens with zero attached hydrogens (tertiary/aromatic N) is 3. The zero-order valence-corrected chi connectivity index (χ0v) is 22.5. The van der Waals surface area contributed by atoms with Gasteiger partial charge in [-0.3, -0.25) is 4.98 Å². The van der Waals surface area contributed by atoms with E-state index in [1.165, 1.54) is 17.5 Å². The maximum Gasteiger partial charge on any atom is 0.433 e.